The Morgan fingerprint density at radius 3 is 2.47 bits per heavy atom. The standard InChI is InChI=1S/C42H57N5O9S/c1-6-19-55-33-23-43-36(31-14-10-9-13-30(31)33)56-29-21-32-35(48)44-42(38(50)45-57(53,54)41(5)17-18-41)22-28(42)12-8-7-11-26(2)20-27(3)34(37(49)46(32)24-29)47(39(51)52)25-40(4)15-16-40/h8-10,12-14,23,26-29,32,34H,6-7,11,15-22,24-25H2,1-5H3,(H,44,48)(H,45,50)(H,51,52)/b12-8-/t26-,27+,28?,29+,32-,34-,42?/m0/s1. The number of allylic oxidation sites excluding steroid dienone is 1. The van der Waals surface area contributed by atoms with E-state index < -0.39 is 68.2 Å². The molecule has 3 heterocycles. The Bertz CT molecular complexity index is 2050. The van der Waals surface area contributed by atoms with Gasteiger partial charge in [-0.15, -0.1) is 0 Å². The molecule has 7 atom stereocenters. The molecule has 2 unspecified atom stereocenters. The number of fused-ring (bicyclic) bond motifs is 3. The lowest BCUT2D eigenvalue weighted by Crippen LogP contribution is -2.60. The van der Waals surface area contributed by atoms with Gasteiger partial charge >= 0.3 is 6.09 Å². The summed E-state index contributed by atoms with van der Waals surface area (Å²) in [4.78, 5) is 64.1. The van der Waals surface area contributed by atoms with Gasteiger partial charge in [0.1, 0.15) is 29.5 Å². The maximum atomic E-state index is 15.1. The molecule has 3 aliphatic carbocycles. The maximum absolute atomic E-state index is 15.1. The molecule has 0 spiro atoms. The Morgan fingerprint density at radius 1 is 1.09 bits per heavy atom. The number of sulfonamides is 1. The van der Waals surface area contributed by atoms with Gasteiger partial charge in [0.25, 0.3) is 5.91 Å². The zero-order valence-electron chi connectivity index (χ0n) is 33.7. The van der Waals surface area contributed by atoms with Crippen LogP contribution in [0.5, 0.6) is 11.6 Å². The summed E-state index contributed by atoms with van der Waals surface area (Å²) in [6, 6.07) is 5.29. The number of hydrogen-bond donors (Lipinski definition) is 3. The van der Waals surface area contributed by atoms with Gasteiger partial charge < -0.3 is 24.8 Å². The number of benzene rings is 1. The van der Waals surface area contributed by atoms with Crippen LogP contribution in [0.2, 0.25) is 0 Å². The molecule has 2 aliphatic heterocycles. The first-order chi connectivity index (χ1) is 27.0. The number of amides is 4. The molecular formula is C42H57N5O9S. The molecule has 5 aliphatic rings. The van der Waals surface area contributed by atoms with E-state index in [0.29, 0.717) is 49.3 Å². The molecule has 2 aromatic rings. The van der Waals surface area contributed by atoms with Gasteiger partial charge in [0.15, 0.2) is 0 Å². The smallest absolute Gasteiger partial charge is 0.408 e. The van der Waals surface area contributed by atoms with Crippen LogP contribution in [0, 0.1) is 23.2 Å². The number of aromatic nitrogens is 1. The third-order valence-electron chi connectivity index (χ3n) is 12.9. The number of carbonyl (C=O) groups excluding carboxylic acids is 3. The second-order valence-corrected chi connectivity index (χ2v) is 20.1. The highest BCUT2D eigenvalue weighted by atomic mass is 32.2. The van der Waals surface area contributed by atoms with E-state index in [2.05, 4.69) is 21.9 Å². The Balaban J connectivity index is 1.25. The third-order valence-corrected chi connectivity index (χ3v) is 15.1. The summed E-state index contributed by atoms with van der Waals surface area (Å²) in [5.74, 6) is -1.76. The van der Waals surface area contributed by atoms with Crippen LogP contribution in [0.4, 0.5) is 4.79 Å². The molecular weight excluding hydrogens is 751 g/mol. The molecule has 4 amide bonds. The SMILES string of the molecule is CCCOc1cnc(O[C@@H]2C[C@H]3C(=O)NC4(C(=O)NS(=O)(=O)C5(C)CC5)CC4/C=C\CC[C@H](C)C[C@@H](C)[C@H](N(CC4(C)CC4)C(=O)O)C(=O)N3C2)c2ccccc12. The molecule has 1 aromatic carbocycles. The van der Waals surface area contributed by atoms with Crippen molar-refractivity contribution in [3.05, 3.63) is 42.6 Å². The zero-order valence-corrected chi connectivity index (χ0v) is 34.5. The maximum Gasteiger partial charge on any atom is 0.408 e. The van der Waals surface area contributed by atoms with Gasteiger partial charge in [-0.1, -0.05) is 58.0 Å². The van der Waals surface area contributed by atoms with E-state index in [1.165, 1.54) is 9.80 Å². The molecule has 0 bridgehead atoms. The first kappa shape index (κ1) is 40.8. The highest BCUT2D eigenvalue weighted by Gasteiger charge is 2.63. The summed E-state index contributed by atoms with van der Waals surface area (Å²) < 4.78 is 40.2. The summed E-state index contributed by atoms with van der Waals surface area (Å²) in [5.41, 5.74) is -1.78. The average molecular weight is 808 g/mol. The molecule has 1 aromatic heterocycles. The van der Waals surface area contributed by atoms with E-state index >= 15 is 4.79 Å². The molecule has 3 saturated carbocycles. The minimum Gasteiger partial charge on any atom is -0.491 e. The van der Waals surface area contributed by atoms with Gasteiger partial charge in [0, 0.05) is 29.7 Å². The summed E-state index contributed by atoms with van der Waals surface area (Å²) in [6.45, 7) is 10.3. The van der Waals surface area contributed by atoms with Crippen molar-refractivity contribution in [2.45, 2.75) is 127 Å². The number of hydrogen-bond acceptors (Lipinski definition) is 9. The number of pyridine rings is 1. The van der Waals surface area contributed by atoms with Gasteiger partial charge in [-0.25, -0.2) is 18.2 Å². The zero-order chi connectivity index (χ0) is 40.9. The van der Waals surface area contributed by atoms with Gasteiger partial charge in [-0.05, 0) is 88.0 Å². The van der Waals surface area contributed by atoms with E-state index in [1.54, 1.807) is 13.1 Å². The van der Waals surface area contributed by atoms with E-state index in [-0.39, 0.29) is 43.2 Å². The van der Waals surface area contributed by atoms with Crippen LogP contribution >= 0.6 is 0 Å². The van der Waals surface area contributed by atoms with Crippen molar-refractivity contribution in [2.24, 2.45) is 23.2 Å². The molecule has 15 heteroatoms. The predicted octanol–water partition coefficient (Wildman–Crippen LogP) is 5.41. The van der Waals surface area contributed by atoms with Crippen LogP contribution in [0.3, 0.4) is 0 Å². The Hall–Kier alpha value is -4.40. The fourth-order valence-corrected chi connectivity index (χ4v) is 9.92. The molecule has 1 saturated heterocycles. The van der Waals surface area contributed by atoms with E-state index in [4.69, 9.17) is 9.47 Å². The summed E-state index contributed by atoms with van der Waals surface area (Å²) in [6.07, 6.45) is 9.09. The third kappa shape index (κ3) is 8.31. The van der Waals surface area contributed by atoms with Gasteiger partial charge in [0.2, 0.25) is 27.7 Å². The fourth-order valence-electron chi connectivity index (χ4n) is 8.60. The number of nitrogens with one attached hydrogen (secondary N) is 2. The fraction of sp³-hybridized carbons (Fsp3) is 0.643. The van der Waals surface area contributed by atoms with E-state index in [0.717, 1.165) is 31.1 Å². The summed E-state index contributed by atoms with van der Waals surface area (Å²) in [7, 11) is -4.01. The molecule has 57 heavy (non-hydrogen) atoms. The normalized spacial score (nSPS) is 31.1. The molecule has 3 N–H and O–H groups in total. The molecule has 14 nitrogen and oxygen atoms in total. The lowest BCUT2D eigenvalue weighted by molar-refractivity contribution is -0.144. The van der Waals surface area contributed by atoms with Crippen molar-refractivity contribution >= 4 is 44.6 Å². The largest absolute Gasteiger partial charge is 0.491 e. The van der Waals surface area contributed by atoms with Crippen molar-refractivity contribution in [2.75, 3.05) is 19.7 Å². The lowest BCUT2D eigenvalue weighted by Gasteiger charge is -2.38. The number of ether oxygens (including phenoxy) is 2. The minimum atomic E-state index is -4.01. The van der Waals surface area contributed by atoms with E-state index in [9.17, 15) is 27.9 Å². The second kappa shape index (κ2) is 15.4. The topological polar surface area (TPSA) is 185 Å². The number of rotatable bonds is 11. The molecule has 0 radical (unpaired) electrons. The van der Waals surface area contributed by atoms with Crippen LogP contribution in [-0.4, -0.2) is 100 Å². The first-order valence-electron chi connectivity index (χ1n) is 20.5. The Kier molecular flexibility index (Phi) is 11.0. The van der Waals surface area contributed by atoms with Crippen molar-refractivity contribution in [1.29, 1.82) is 0 Å². The summed E-state index contributed by atoms with van der Waals surface area (Å²) in [5, 5.41) is 15.1. The predicted molar refractivity (Wildman–Crippen MR) is 213 cm³/mol. The molecule has 4 fully saturated rings. The monoisotopic (exact) mass is 807 g/mol. The van der Waals surface area contributed by atoms with Crippen molar-refractivity contribution in [1.82, 2.24) is 24.8 Å². The van der Waals surface area contributed by atoms with Crippen LogP contribution < -0.4 is 19.5 Å². The molecule has 7 rings (SSSR count). The average Bonchev–Trinajstić information content (AvgIpc) is 4.12. The van der Waals surface area contributed by atoms with Crippen LogP contribution in [-0.2, 0) is 24.4 Å². The van der Waals surface area contributed by atoms with E-state index in [1.807, 2.05) is 57.2 Å². The van der Waals surface area contributed by atoms with Crippen LogP contribution in [0.25, 0.3) is 10.8 Å². The van der Waals surface area contributed by atoms with Crippen LogP contribution in [0.1, 0.15) is 98.8 Å². The van der Waals surface area contributed by atoms with Crippen molar-refractivity contribution in [3.63, 3.8) is 0 Å². The number of carbonyl (C=O) groups is 4. The number of carboxylic acid groups (broad SMARTS) is 1. The van der Waals surface area contributed by atoms with Gasteiger partial charge in [0.05, 0.1) is 24.1 Å². The number of nitrogens with zero attached hydrogens (tertiary/aromatic N) is 3. The van der Waals surface area contributed by atoms with Gasteiger partial charge in [-0.2, -0.15) is 0 Å². The highest BCUT2D eigenvalue weighted by molar-refractivity contribution is 7.91. The lowest BCUT2D eigenvalue weighted by atomic mass is 9.86. The molecule has 310 valence electrons. The Labute approximate surface area is 335 Å². The Morgan fingerprint density at radius 2 is 1.81 bits per heavy atom. The minimum absolute atomic E-state index is 0.0263. The van der Waals surface area contributed by atoms with Gasteiger partial charge in [-0.3, -0.25) is 24.0 Å². The quantitative estimate of drug-likeness (QED) is 0.248. The first-order valence-corrected chi connectivity index (χ1v) is 22.0. The second-order valence-electron chi connectivity index (χ2n) is 17.9. The highest BCUT2D eigenvalue weighted by Crippen LogP contribution is 2.49. The van der Waals surface area contributed by atoms with Crippen molar-refractivity contribution < 1.29 is 42.2 Å². The summed E-state index contributed by atoms with van der Waals surface area (Å²) >= 11 is 0. The van der Waals surface area contributed by atoms with Crippen LogP contribution in [0.15, 0.2) is 42.6 Å². The van der Waals surface area contributed by atoms with Crippen molar-refractivity contribution in [3.8, 4) is 11.6 Å².